The molecule has 0 saturated heterocycles. The van der Waals surface area contributed by atoms with E-state index in [2.05, 4.69) is 5.32 Å². The molecule has 4 heteroatoms. The van der Waals surface area contributed by atoms with Gasteiger partial charge in [0.05, 0.1) is 25.9 Å². The zero-order valence-electron chi connectivity index (χ0n) is 10.3. The van der Waals surface area contributed by atoms with Crippen molar-refractivity contribution in [3.8, 4) is 0 Å². The van der Waals surface area contributed by atoms with Crippen molar-refractivity contribution in [2.45, 2.75) is 12.7 Å². The van der Waals surface area contributed by atoms with Crippen LogP contribution >= 0.6 is 0 Å². The molecule has 17 heavy (non-hydrogen) atoms. The molecule has 1 atom stereocenters. The first-order chi connectivity index (χ1) is 8.33. The van der Waals surface area contributed by atoms with Gasteiger partial charge in [-0.3, -0.25) is 0 Å². The second-order valence-corrected chi connectivity index (χ2v) is 3.85. The number of benzene rings is 1. The molecule has 1 unspecified atom stereocenters. The zero-order valence-corrected chi connectivity index (χ0v) is 10.3. The molecule has 0 heterocycles. The molecule has 1 rings (SSSR count). The van der Waals surface area contributed by atoms with Gasteiger partial charge in [0.1, 0.15) is 0 Å². The van der Waals surface area contributed by atoms with Crippen LogP contribution in [0.15, 0.2) is 30.3 Å². The number of hydrogen-bond acceptors (Lipinski definition) is 4. The third-order valence-corrected chi connectivity index (χ3v) is 2.28. The topological polar surface area (TPSA) is 50.7 Å². The molecule has 96 valence electrons. The Bertz CT molecular complexity index is 279. The molecule has 0 bridgehead atoms. The van der Waals surface area contributed by atoms with E-state index in [0.29, 0.717) is 26.4 Å². The van der Waals surface area contributed by atoms with Crippen LogP contribution in [-0.4, -0.2) is 44.6 Å². The molecular formula is C13H21NO3. The van der Waals surface area contributed by atoms with Gasteiger partial charge in [-0.05, 0) is 5.56 Å². The summed E-state index contributed by atoms with van der Waals surface area (Å²) in [4.78, 5) is 0. The van der Waals surface area contributed by atoms with Crippen LogP contribution in [0.1, 0.15) is 5.56 Å². The summed E-state index contributed by atoms with van der Waals surface area (Å²) in [6, 6.07) is 9.92. The smallest absolute Gasteiger partial charge is 0.0897 e. The van der Waals surface area contributed by atoms with Crippen molar-refractivity contribution in [1.29, 1.82) is 0 Å². The van der Waals surface area contributed by atoms with Crippen molar-refractivity contribution < 1.29 is 14.6 Å². The number of aliphatic hydroxyl groups excluding tert-OH is 1. The summed E-state index contributed by atoms with van der Waals surface area (Å²) in [5.41, 5.74) is 1.12. The Morgan fingerprint density at radius 3 is 2.76 bits per heavy atom. The predicted octanol–water partition coefficient (Wildman–Crippen LogP) is 0.800. The van der Waals surface area contributed by atoms with Gasteiger partial charge in [-0.15, -0.1) is 0 Å². The summed E-state index contributed by atoms with van der Waals surface area (Å²) in [7, 11) is 1.65. The fourth-order valence-corrected chi connectivity index (χ4v) is 1.39. The van der Waals surface area contributed by atoms with E-state index in [1.165, 1.54) is 0 Å². The second kappa shape index (κ2) is 9.13. The molecular weight excluding hydrogens is 218 g/mol. The van der Waals surface area contributed by atoms with E-state index in [9.17, 15) is 5.11 Å². The molecule has 0 spiro atoms. The van der Waals surface area contributed by atoms with Gasteiger partial charge < -0.3 is 19.9 Å². The highest BCUT2D eigenvalue weighted by Crippen LogP contribution is 2.00. The van der Waals surface area contributed by atoms with Gasteiger partial charge in [0.15, 0.2) is 0 Å². The highest BCUT2D eigenvalue weighted by atomic mass is 16.5. The van der Waals surface area contributed by atoms with E-state index in [1.807, 2.05) is 30.3 Å². The first-order valence-electron chi connectivity index (χ1n) is 5.82. The molecule has 0 aliphatic carbocycles. The SMILES string of the molecule is COCCNCC(O)COCc1ccccc1. The van der Waals surface area contributed by atoms with Gasteiger partial charge in [-0.25, -0.2) is 0 Å². The number of aliphatic hydroxyl groups is 1. The fourth-order valence-electron chi connectivity index (χ4n) is 1.39. The van der Waals surface area contributed by atoms with E-state index in [4.69, 9.17) is 9.47 Å². The van der Waals surface area contributed by atoms with Crippen LogP contribution in [0.2, 0.25) is 0 Å². The molecule has 1 aromatic carbocycles. The quantitative estimate of drug-likeness (QED) is 0.626. The lowest BCUT2D eigenvalue weighted by molar-refractivity contribution is 0.0282. The molecule has 2 N–H and O–H groups in total. The van der Waals surface area contributed by atoms with Crippen LogP contribution in [0.25, 0.3) is 0 Å². The lowest BCUT2D eigenvalue weighted by Crippen LogP contribution is -2.32. The fraction of sp³-hybridized carbons (Fsp3) is 0.538. The molecule has 0 amide bonds. The third kappa shape index (κ3) is 7.07. The van der Waals surface area contributed by atoms with Gasteiger partial charge in [0.25, 0.3) is 0 Å². The molecule has 0 aromatic heterocycles. The van der Waals surface area contributed by atoms with Crippen molar-refractivity contribution >= 4 is 0 Å². The summed E-state index contributed by atoms with van der Waals surface area (Å²) < 4.78 is 10.3. The van der Waals surface area contributed by atoms with Crippen LogP contribution in [0, 0.1) is 0 Å². The minimum absolute atomic E-state index is 0.342. The van der Waals surface area contributed by atoms with Gasteiger partial charge in [0, 0.05) is 20.2 Å². The first kappa shape index (κ1) is 14.1. The Labute approximate surface area is 103 Å². The molecule has 0 fully saturated rings. The highest BCUT2D eigenvalue weighted by molar-refractivity contribution is 5.13. The van der Waals surface area contributed by atoms with Crippen LogP contribution in [-0.2, 0) is 16.1 Å². The van der Waals surface area contributed by atoms with Gasteiger partial charge in [-0.1, -0.05) is 30.3 Å². The van der Waals surface area contributed by atoms with E-state index < -0.39 is 6.10 Å². The Hall–Kier alpha value is -0.940. The Morgan fingerprint density at radius 2 is 2.06 bits per heavy atom. The first-order valence-corrected chi connectivity index (χ1v) is 5.82. The summed E-state index contributed by atoms with van der Waals surface area (Å²) in [6.45, 7) is 2.80. The standard InChI is InChI=1S/C13H21NO3/c1-16-8-7-14-9-13(15)11-17-10-12-5-3-2-4-6-12/h2-6,13-15H,7-11H2,1H3. The maximum absolute atomic E-state index is 9.60. The lowest BCUT2D eigenvalue weighted by atomic mass is 10.2. The van der Waals surface area contributed by atoms with E-state index in [0.717, 1.165) is 12.1 Å². The van der Waals surface area contributed by atoms with E-state index in [1.54, 1.807) is 7.11 Å². The summed E-state index contributed by atoms with van der Waals surface area (Å²) in [6.07, 6.45) is -0.476. The van der Waals surface area contributed by atoms with Crippen molar-refractivity contribution in [1.82, 2.24) is 5.32 Å². The monoisotopic (exact) mass is 239 g/mol. The molecule has 0 aliphatic heterocycles. The highest BCUT2D eigenvalue weighted by Gasteiger charge is 2.03. The minimum Gasteiger partial charge on any atom is -0.389 e. The van der Waals surface area contributed by atoms with Crippen molar-refractivity contribution in [3.63, 3.8) is 0 Å². The molecule has 1 aromatic rings. The van der Waals surface area contributed by atoms with Crippen LogP contribution in [0.3, 0.4) is 0 Å². The van der Waals surface area contributed by atoms with Crippen LogP contribution in [0.4, 0.5) is 0 Å². The number of hydrogen-bond donors (Lipinski definition) is 2. The lowest BCUT2D eigenvalue weighted by Gasteiger charge is -2.12. The maximum atomic E-state index is 9.60. The largest absolute Gasteiger partial charge is 0.389 e. The number of nitrogens with one attached hydrogen (secondary N) is 1. The van der Waals surface area contributed by atoms with E-state index in [-0.39, 0.29) is 0 Å². The minimum atomic E-state index is -0.476. The van der Waals surface area contributed by atoms with Gasteiger partial charge in [0.2, 0.25) is 0 Å². The molecule has 0 saturated carbocycles. The van der Waals surface area contributed by atoms with Crippen LogP contribution in [0.5, 0.6) is 0 Å². The third-order valence-electron chi connectivity index (χ3n) is 2.28. The van der Waals surface area contributed by atoms with Gasteiger partial charge in [-0.2, -0.15) is 0 Å². The molecule has 0 aliphatic rings. The average Bonchev–Trinajstić information content (AvgIpc) is 2.36. The summed E-state index contributed by atoms with van der Waals surface area (Å²) in [5, 5.41) is 12.7. The Morgan fingerprint density at radius 1 is 1.29 bits per heavy atom. The normalized spacial score (nSPS) is 12.6. The van der Waals surface area contributed by atoms with Crippen molar-refractivity contribution in [2.75, 3.05) is 33.4 Å². The maximum Gasteiger partial charge on any atom is 0.0897 e. The van der Waals surface area contributed by atoms with Crippen LogP contribution < -0.4 is 5.32 Å². The van der Waals surface area contributed by atoms with Gasteiger partial charge >= 0.3 is 0 Å². The number of rotatable bonds is 9. The second-order valence-electron chi connectivity index (χ2n) is 3.85. The number of methoxy groups -OCH3 is 1. The van der Waals surface area contributed by atoms with Crippen molar-refractivity contribution in [3.05, 3.63) is 35.9 Å². The predicted molar refractivity (Wildman–Crippen MR) is 66.9 cm³/mol. The average molecular weight is 239 g/mol. The Kier molecular flexibility index (Phi) is 7.58. The number of ether oxygens (including phenoxy) is 2. The Balaban J connectivity index is 2.02. The van der Waals surface area contributed by atoms with E-state index >= 15 is 0 Å². The summed E-state index contributed by atoms with van der Waals surface area (Å²) >= 11 is 0. The van der Waals surface area contributed by atoms with Crippen molar-refractivity contribution in [2.24, 2.45) is 0 Å². The molecule has 4 nitrogen and oxygen atoms in total. The molecule has 0 radical (unpaired) electrons. The summed E-state index contributed by atoms with van der Waals surface area (Å²) in [5.74, 6) is 0. The zero-order chi connectivity index (χ0) is 12.3.